The lowest BCUT2D eigenvalue weighted by atomic mass is 9.95. The SMILES string of the molecule is CCOC(=O)c1c(C)[nH]c(C(=O)[C@H](C)[NH+]2CCC[C@H](C(=O)OCC)C2)c1C. The second-order valence-electron chi connectivity index (χ2n) is 7.13. The molecule has 27 heavy (non-hydrogen) atoms. The maximum atomic E-state index is 13.1. The number of aromatic nitrogens is 1. The van der Waals surface area contributed by atoms with Crippen molar-refractivity contribution in [3.63, 3.8) is 0 Å². The number of aryl methyl sites for hydroxylation is 1. The Balaban J connectivity index is 2.16. The van der Waals surface area contributed by atoms with E-state index >= 15 is 0 Å². The van der Waals surface area contributed by atoms with Crippen LogP contribution in [0.3, 0.4) is 0 Å². The molecule has 1 fully saturated rings. The highest BCUT2D eigenvalue weighted by atomic mass is 16.5. The molecule has 1 unspecified atom stereocenters. The fourth-order valence-electron chi connectivity index (χ4n) is 3.86. The van der Waals surface area contributed by atoms with E-state index in [4.69, 9.17) is 9.47 Å². The van der Waals surface area contributed by atoms with Crippen LogP contribution in [-0.4, -0.2) is 55.1 Å². The van der Waals surface area contributed by atoms with Gasteiger partial charge >= 0.3 is 11.9 Å². The summed E-state index contributed by atoms with van der Waals surface area (Å²) in [5, 5.41) is 0. The van der Waals surface area contributed by atoms with Gasteiger partial charge in [-0.15, -0.1) is 0 Å². The molecule has 7 nitrogen and oxygen atoms in total. The number of nitrogens with one attached hydrogen (secondary N) is 2. The van der Waals surface area contributed by atoms with Gasteiger partial charge in [0.2, 0.25) is 5.78 Å². The summed E-state index contributed by atoms with van der Waals surface area (Å²) in [6.45, 7) is 11.1. The van der Waals surface area contributed by atoms with Crippen molar-refractivity contribution in [1.82, 2.24) is 4.98 Å². The van der Waals surface area contributed by atoms with Crippen LogP contribution < -0.4 is 4.90 Å². The van der Waals surface area contributed by atoms with E-state index in [-0.39, 0.29) is 30.3 Å². The van der Waals surface area contributed by atoms with Gasteiger partial charge in [-0.2, -0.15) is 0 Å². The first-order chi connectivity index (χ1) is 12.8. The summed E-state index contributed by atoms with van der Waals surface area (Å²) in [6, 6.07) is -0.311. The summed E-state index contributed by atoms with van der Waals surface area (Å²) in [6.07, 6.45) is 1.68. The fourth-order valence-corrected chi connectivity index (χ4v) is 3.86. The number of quaternary nitrogens is 1. The normalized spacial score (nSPS) is 20.8. The largest absolute Gasteiger partial charge is 0.466 e. The monoisotopic (exact) mass is 379 g/mol. The van der Waals surface area contributed by atoms with Crippen molar-refractivity contribution in [2.75, 3.05) is 26.3 Å². The minimum Gasteiger partial charge on any atom is -0.466 e. The van der Waals surface area contributed by atoms with Gasteiger partial charge in [0.05, 0.1) is 37.6 Å². The van der Waals surface area contributed by atoms with Crippen molar-refractivity contribution in [2.24, 2.45) is 5.92 Å². The minimum atomic E-state index is -0.414. The van der Waals surface area contributed by atoms with E-state index in [9.17, 15) is 14.4 Å². The molecule has 0 radical (unpaired) electrons. The molecule has 1 aromatic rings. The standard InChI is InChI=1S/C20H30N2O5/c1-6-26-19(24)15-9-8-10-22(11-15)14(5)18(23)17-12(3)16(13(4)21-17)20(25)27-7-2/h14-15,21H,6-11H2,1-5H3/p+1/t14-,15-/m0/s1. The number of piperidine rings is 1. The highest BCUT2D eigenvalue weighted by Crippen LogP contribution is 2.20. The molecule has 2 N–H and O–H groups in total. The molecule has 150 valence electrons. The van der Waals surface area contributed by atoms with Gasteiger partial charge in [0.1, 0.15) is 5.92 Å². The molecule has 0 amide bonds. The quantitative estimate of drug-likeness (QED) is 0.550. The molecule has 0 saturated carbocycles. The van der Waals surface area contributed by atoms with Crippen LogP contribution in [0.5, 0.6) is 0 Å². The van der Waals surface area contributed by atoms with Crippen molar-refractivity contribution in [3.05, 3.63) is 22.5 Å². The predicted molar refractivity (Wildman–Crippen MR) is 100 cm³/mol. The summed E-state index contributed by atoms with van der Waals surface area (Å²) < 4.78 is 10.2. The number of H-pyrrole nitrogens is 1. The lowest BCUT2D eigenvalue weighted by molar-refractivity contribution is -0.920. The number of carbonyl (C=O) groups is 3. The maximum absolute atomic E-state index is 13.1. The van der Waals surface area contributed by atoms with Gasteiger partial charge in [0.25, 0.3) is 0 Å². The Labute approximate surface area is 160 Å². The molecule has 0 bridgehead atoms. The summed E-state index contributed by atoms with van der Waals surface area (Å²) in [7, 11) is 0. The van der Waals surface area contributed by atoms with Crippen LogP contribution in [0, 0.1) is 19.8 Å². The second kappa shape index (κ2) is 9.17. The lowest BCUT2D eigenvalue weighted by Gasteiger charge is -2.32. The highest BCUT2D eigenvalue weighted by Gasteiger charge is 2.36. The smallest absolute Gasteiger partial charge is 0.340 e. The highest BCUT2D eigenvalue weighted by molar-refractivity contribution is 6.03. The number of ether oxygens (including phenoxy) is 2. The number of ketones is 1. The van der Waals surface area contributed by atoms with E-state index in [1.54, 1.807) is 27.7 Å². The number of hydrogen-bond acceptors (Lipinski definition) is 5. The van der Waals surface area contributed by atoms with Gasteiger partial charge in [-0.05, 0) is 53.0 Å². The molecule has 7 heteroatoms. The van der Waals surface area contributed by atoms with Gasteiger partial charge in [0, 0.05) is 5.69 Å². The Bertz CT molecular complexity index is 709. The lowest BCUT2D eigenvalue weighted by Crippen LogP contribution is -3.18. The van der Waals surface area contributed by atoms with E-state index in [0.29, 0.717) is 35.7 Å². The third-order valence-corrected chi connectivity index (χ3v) is 5.35. The van der Waals surface area contributed by atoms with E-state index < -0.39 is 5.97 Å². The molecule has 0 spiro atoms. The Kier molecular flexibility index (Phi) is 7.18. The summed E-state index contributed by atoms with van der Waals surface area (Å²) in [5.74, 6) is -0.801. The molecular weight excluding hydrogens is 348 g/mol. The second-order valence-corrected chi connectivity index (χ2v) is 7.13. The van der Waals surface area contributed by atoms with Crippen molar-refractivity contribution in [3.8, 4) is 0 Å². The predicted octanol–water partition coefficient (Wildman–Crippen LogP) is 1.24. The molecule has 1 aliphatic rings. The molecule has 1 saturated heterocycles. The van der Waals surface area contributed by atoms with E-state index in [2.05, 4.69) is 4.98 Å². The minimum absolute atomic E-state index is 0.0503. The molecule has 0 aromatic carbocycles. The van der Waals surface area contributed by atoms with Gasteiger partial charge in [0.15, 0.2) is 6.04 Å². The molecular formula is C20H31N2O5+. The van der Waals surface area contributed by atoms with E-state index in [1.165, 1.54) is 0 Å². The number of aromatic amines is 1. The average molecular weight is 379 g/mol. The first-order valence-electron chi connectivity index (χ1n) is 9.73. The summed E-state index contributed by atoms with van der Waals surface area (Å²) >= 11 is 0. The number of carbonyl (C=O) groups excluding carboxylic acids is 3. The molecule has 1 aliphatic heterocycles. The van der Waals surface area contributed by atoms with Gasteiger partial charge < -0.3 is 19.4 Å². The molecule has 3 atom stereocenters. The van der Waals surface area contributed by atoms with Crippen LogP contribution in [0.1, 0.15) is 65.7 Å². The Hall–Kier alpha value is -2.15. The van der Waals surface area contributed by atoms with Crippen LogP contribution in [0.2, 0.25) is 0 Å². The van der Waals surface area contributed by atoms with Gasteiger partial charge in [-0.25, -0.2) is 4.79 Å². The zero-order chi connectivity index (χ0) is 20.1. The fraction of sp³-hybridized carbons (Fsp3) is 0.650. The van der Waals surface area contributed by atoms with Crippen molar-refractivity contribution in [2.45, 2.75) is 53.5 Å². The number of likely N-dealkylation sites (tertiary alicyclic amines) is 1. The zero-order valence-corrected chi connectivity index (χ0v) is 16.9. The number of esters is 2. The van der Waals surface area contributed by atoms with Crippen LogP contribution in [0.4, 0.5) is 0 Å². The molecule has 1 aromatic heterocycles. The zero-order valence-electron chi connectivity index (χ0n) is 16.9. The Morgan fingerprint density at radius 1 is 1.19 bits per heavy atom. The van der Waals surface area contributed by atoms with Crippen LogP contribution in [0.25, 0.3) is 0 Å². The Morgan fingerprint density at radius 3 is 2.48 bits per heavy atom. The van der Waals surface area contributed by atoms with Crippen LogP contribution in [-0.2, 0) is 14.3 Å². The molecule has 0 aliphatic carbocycles. The van der Waals surface area contributed by atoms with Crippen LogP contribution in [0.15, 0.2) is 0 Å². The van der Waals surface area contributed by atoms with Crippen LogP contribution >= 0.6 is 0 Å². The van der Waals surface area contributed by atoms with E-state index in [1.807, 2.05) is 6.92 Å². The molecule has 2 heterocycles. The number of Topliss-reactive ketones (excluding diaryl/α,β-unsaturated/α-hetero) is 1. The summed E-state index contributed by atoms with van der Waals surface area (Å²) in [4.78, 5) is 41.5. The van der Waals surface area contributed by atoms with E-state index in [0.717, 1.165) is 24.3 Å². The third kappa shape index (κ3) is 4.58. The van der Waals surface area contributed by atoms with Gasteiger partial charge in [-0.1, -0.05) is 0 Å². The number of rotatable bonds is 7. The summed E-state index contributed by atoms with van der Waals surface area (Å²) in [5.41, 5.74) is 2.15. The molecule has 2 rings (SSSR count). The Morgan fingerprint density at radius 2 is 1.85 bits per heavy atom. The first kappa shape index (κ1) is 21.2. The topological polar surface area (TPSA) is 89.9 Å². The first-order valence-corrected chi connectivity index (χ1v) is 9.73. The van der Waals surface area contributed by atoms with Gasteiger partial charge in [-0.3, -0.25) is 9.59 Å². The van der Waals surface area contributed by atoms with Crippen molar-refractivity contribution in [1.29, 1.82) is 0 Å². The number of hydrogen-bond donors (Lipinski definition) is 2. The van der Waals surface area contributed by atoms with Crippen molar-refractivity contribution >= 4 is 17.7 Å². The van der Waals surface area contributed by atoms with Crippen molar-refractivity contribution < 1.29 is 28.8 Å². The maximum Gasteiger partial charge on any atom is 0.340 e. The third-order valence-electron chi connectivity index (χ3n) is 5.35. The average Bonchev–Trinajstić information content (AvgIpc) is 2.95.